The molecule has 0 spiro atoms. The Balaban J connectivity index is 2.10. The predicted molar refractivity (Wildman–Crippen MR) is 80.1 cm³/mol. The smallest absolute Gasteiger partial charge is 0.0636 e. The number of aliphatic hydroxyl groups excluding tert-OH is 1. The third-order valence-electron chi connectivity index (χ3n) is 3.60. The maximum absolute atomic E-state index is 9.50. The van der Waals surface area contributed by atoms with Crippen LogP contribution in [0.2, 0.25) is 0 Å². The molecular formula is C15H22BrNO2. The molecule has 0 unspecified atom stereocenters. The minimum absolute atomic E-state index is 0.298. The van der Waals surface area contributed by atoms with E-state index in [2.05, 4.69) is 45.5 Å². The van der Waals surface area contributed by atoms with Gasteiger partial charge in [0.25, 0.3) is 0 Å². The number of rotatable bonds is 5. The van der Waals surface area contributed by atoms with E-state index in [0.29, 0.717) is 18.5 Å². The standard InChI is InChI=1S/C15H22BrNO2/c1-11(18)10-17-15(13-6-8-19-9-7-13)12-2-4-14(16)5-3-12/h2-5,11,13,15,17-18H,6-10H2,1H3/t11-,15-/m1/s1. The molecule has 0 saturated carbocycles. The lowest BCUT2D eigenvalue weighted by molar-refractivity contribution is 0.0515. The summed E-state index contributed by atoms with van der Waals surface area (Å²) in [6, 6.07) is 8.75. The number of ether oxygens (including phenoxy) is 1. The molecule has 1 aromatic carbocycles. The van der Waals surface area contributed by atoms with Gasteiger partial charge in [0, 0.05) is 30.3 Å². The first-order chi connectivity index (χ1) is 9.16. The van der Waals surface area contributed by atoms with E-state index in [1.807, 2.05) is 6.92 Å². The van der Waals surface area contributed by atoms with Gasteiger partial charge < -0.3 is 15.2 Å². The van der Waals surface area contributed by atoms with Crippen molar-refractivity contribution in [1.82, 2.24) is 5.32 Å². The van der Waals surface area contributed by atoms with Gasteiger partial charge in [-0.1, -0.05) is 28.1 Å². The second kappa shape index (κ2) is 7.39. The zero-order chi connectivity index (χ0) is 13.7. The van der Waals surface area contributed by atoms with E-state index in [0.717, 1.165) is 30.5 Å². The first-order valence-electron chi connectivity index (χ1n) is 6.91. The molecule has 3 nitrogen and oxygen atoms in total. The van der Waals surface area contributed by atoms with Crippen LogP contribution in [0.5, 0.6) is 0 Å². The van der Waals surface area contributed by atoms with E-state index in [4.69, 9.17) is 4.74 Å². The highest BCUT2D eigenvalue weighted by atomic mass is 79.9. The van der Waals surface area contributed by atoms with Gasteiger partial charge in [-0.15, -0.1) is 0 Å². The summed E-state index contributed by atoms with van der Waals surface area (Å²) in [5.74, 6) is 0.577. The lowest BCUT2D eigenvalue weighted by atomic mass is 9.87. The van der Waals surface area contributed by atoms with Crippen LogP contribution in [0.3, 0.4) is 0 Å². The van der Waals surface area contributed by atoms with Gasteiger partial charge in [0.2, 0.25) is 0 Å². The number of aliphatic hydroxyl groups is 1. The summed E-state index contributed by atoms with van der Waals surface area (Å²) in [5.41, 5.74) is 1.29. The summed E-state index contributed by atoms with van der Waals surface area (Å²) in [6.45, 7) is 4.12. The fourth-order valence-electron chi connectivity index (χ4n) is 2.57. The van der Waals surface area contributed by atoms with Crippen molar-refractivity contribution in [3.8, 4) is 0 Å². The number of halogens is 1. The number of benzene rings is 1. The maximum Gasteiger partial charge on any atom is 0.0636 e. The molecule has 0 aromatic heterocycles. The molecule has 1 saturated heterocycles. The zero-order valence-electron chi connectivity index (χ0n) is 11.3. The minimum atomic E-state index is -0.321. The molecule has 1 aliphatic heterocycles. The Kier molecular flexibility index (Phi) is 5.82. The van der Waals surface area contributed by atoms with Crippen molar-refractivity contribution in [2.45, 2.75) is 31.9 Å². The monoisotopic (exact) mass is 327 g/mol. The molecule has 2 N–H and O–H groups in total. The van der Waals surface area contributed by atoms with Crippen molar-refractivity contribution in [2.75, 3.05) is 19.8 Å². The Bertz CT molecular complexity index is 374. The molecule has 0 radical (unpaired) electrons. The summed E-state index contributed by atoms with van der Waals surface area (Å²) in [5, 5.41) is 13.0. The first-order valence-corrected chi connectivity index (χ1v) is 7.71. The Morgan fingerprint density at radius 3 is 2.53 bits per heavy atom. The Morgan fingerprint density at radius 1 is 1.32 bits per heavy atom. The van der Waals surface area contributed by atoms with Gasteiger partial charge in [0.1, 0.15) is 0 Å². The molecule has 4 heteroatoms. The van der Waals surface area contributed by atoms with Crippen molar-refractivity contribution in [2.24, 2.45) is 5.92 Å². The van der Waals surface area contributed by atoms with Gasteiger partial charge in [0.15, 0.2) is 0 Å². The van der Waals surface area contributed by atoms with Crippen LogP contribution in [-0.2, 0) is 4.74 Å². The maximum atomic E-state index is 9.50. The summed E-state index contributed by atoms with van der Waals surface area (Å²) >= 11 is 3.47. The van der Waals surface area contributed by atoms with E-state index in [1.54, 1.807) is 0 Å². The van der Waals surface area contributed by atoms with Gasteiger partial charge >= 0.3 is 0 Å². The van der Waals surface area contributed by atoms with Gasteiger partial charge in [-0.05, 0) is 43.4 Å². The summed E-state index contributed by atoms with van der Waals surface area (Å²) < 4.78 is 6.54. The molecule has 0 aliphatic carbocycles. The fraction of sp³-hybridized carbons (Fsp3) is 0.600. The van der Waals surface area contributed by atoms with Crippen LogP contribution in [0, 0.1) is 5.92 Å². The molecule has 0 bridgehead atoms. The predicted octanol–water partition coefficient (Wildman–Crippen LogP) is 2.89. The van der Waals surface area contributed by atoms with E-state index < -0.39 is 0 Å². The average molecular weight is 328 g/mol. The highest BCUT2D eigenvalue weighted by molar-refractivity contribution is 9.10. The average Bonchev–Trinajstić information content (AvgIpc) is 2.42. The van der Waals surface area contributed by atoms with Crippen molar-refractivity contribution in [3.63, 3.8) is 0 Å². The second-order valence-corrected chi connectivity index (χ2v) is 6.15. The molecule has 2 rings (SSSR count). The summed E-state index contributed by atoms with van der Waals surface area (Å²) in [7, 11) is 0. The topological polar surface area (TPSA) is 41.5 Å². The van der Waals surface area contributed by atoms with Crippen LogP contribution in [0.25, 0.3) is 0 Å². The van der Waals surface area contributed by atoms with Crippen LogP contribution in [-0.4, -0.2) is 31.0 Å². The molecule has 19 heavy (non-hydrogen) atoms. The van der Waals surface area contributed by atoms with Crippen molar-refractivity contribution < 1.29 is 9.84 Å². The van der Waals surface area contributed by atoms with Crippen LogP contribution >= 0.6 is 15.9 Å². The Hall–Kier alpha value is -0.420. The molecule has 1 aliphatic rings. The zero-order valence-corrected chi connectivity index (χ0v) is 12.9. The van der Waals surface area contributed by atoms with Gasteiger partial charge in [0.05, 0.1) is 6.10 Å². The highest BCUT2D eigenvalue weighted by Crippen LogP contribution is 2.30. The number of nitrogens with one attached hydrogen (secondary N) is 1. The lowest BCUT2D eigenvalue weighted by Crippen LogP contribution is -2.35. The van der Waals surface area contributed by atoms with E-state index in [1.165, 1.54) is 5.56 Å². The van der Waals surface area contributed by atoms with Crippen LogP contribution < -0.4 is 5.32 Å². The number of hydrogen-bond donors (Lipinski definition) is 2. The van der Waals surface area contributed by atoms with Crippen LogP contribution in [0.1, 0.15) is 31.4 Å². The summed E-state index contributed by atoms with van der Waals surface area (Å²) in [6.07, 6.45) is 1.83. The molecule has 106 valence electrons. The SMILES string of the molecule is C[C@@H](O)CN[C@H](c1ccc(Br)cc1)C1CCOCC1. The minimum Gasteiger partial charge on any atom is -0.392 e. The molecule has 1 fully saturated rings. The third-order valence-corrected chi connectivity index (χ3v) is 4.13. The van der Waals surface area contributed by atoms with E-state index in [-0.39, 0.29) is 6.10 Å². The van der Waals surface area contributed by atoms with Gasteiger partial charge in [-0.25, -0.2) is 0 Å². The van der Waals surface area contributed by atoms with Gasteiger partial charge in [-0.3, -0.25) is 0 Å². The molecule has 1 aromatic rings. The largest absolute Gasteiger partial charge is 0.392 e. The first kappa shape index (κ1) is 15.0. The van der Waals surface area contributed by atoms with E-state index in [9.17, 15) is 5.11 Å². The van der Waals surface area contributed by atoms with Crippen LogP contribution in [0.4, 0.5) is 0 Å². The highest BCUT2D eigenvalue weighted by Gasteiger charge is 2.25. The number of hydrogen-bond acceptors (Lipinski definition) is 3. The molecule has 0 amide bonds. The molecule has 1 heterocycles. The molecular weight excluding hydrogens is 306 g/mol. The summed E-state index contributed by atoms with van der Waals surface area (Å²) in [4.78, 5) is 0. The second-order valence-electron chi connectivity index (χ2n) is 5.24. The fourth-order valence-corrected chi connectivity index (χ4v) is 2.84. The quantitative estimate of drug-likeness (QED) is 0.873. The lowest BCUT2D eigenvalue weighted by Gasteiger charge is -2.32. The van der Waals surface area contributed by atoms with Gasteiger partial charge in [-0.2, -0.15) is 0 Å². The molecule has 2 atom stereocenters. The third kappa shape index (κ3) is 4.56. The van der Waals surface area contributed by atoms with Crippen molar-refractivity contribution in [1.29, 1.82) is 0 Å². The van der Waals surface area contributed by atoms with E-state index >= 15 is 0 Å². The van der Waals surface area contributed by atoms with Crippen molar-refractivity contribution in [3.05, 3.63) is 34.3 Å². The van der Waals surface area contributed by atoms with Crippen LogP contribution in [0.15, 0.2) is 28.7 Å². The Morgan fingerprint density at radius 2 is 1.95 bits per heavy atom. The normalized spacial score (nSPS) is 20.2. The Labute approximate surface area is 123 Å². The van der Waals surface area contributed by atoms with Crippen molar-refractivity contribution >= 4 is 15.9 Å².